The minimum atomic E-state index is -0.214. The number of allylic oxidation sites excluding steroid dienone is 2. The molecule has 0 radical (unpaired) electrons. The van der Waals surface area contributed by atoms with Gasteiger partial charge in [-0.1, -0.05) is 38.1 Å². The maximum atomic E-state index is 12.3. The minimum absolute atomic E-state index is 0.0806. The summed E-state index contributed by atoms with van der Waals surface area (Å²) in [5, 5.41) is 10.2. The van der Waals surface area contributed by atoms with Crippen LogP contribution in [0.3, 0.4) is 0 Å². The lowest BCUT2D eigenvalue weighted by molar-refractivity contribution is -0.117. The van der Waals surface area contributed by atoms with Crippen molar-refractivity contribution in [1.29, 1.82) is 0 Å². The number of hydrogen-bond donors (Lipinski definition) is 1. The number of Topliss-reactive ketones (excluding diaryl/α,β-unsaturated/α-hetero) is 1. The molecule has 2 aromatic rings. The molecule has 146 valence electrons. The Bertz CT molecular complexity index is 884. The van der Waals surface area contributed by atoms with E-state index in [0.717, 1.165) is 5.75 Å². The number of carbonyl (C=O) groups excluding carboxylic acids is 1. The van der Waals surface area contributed by atoms with Crippen LogP contribution in [0.15, 0.2) is 70.9 Å². The summed E-state index contributed by atoms with van der Waals surface area (Å²) >= 11 is 0. The normalized spacial score (nSPS) is 16.4. The van der Waals surface area contributed by atoms with Crippen molar-refractivity contribution in [2.45, 2.75) is 26.7 Å². The molecule has 5 nitrogen and oxygen atoms in total. The minimum Gasteiger partial charge on any atom is -0.511 e. The van der Waals surface area contributed by atoms with Crippen LogP contribution in [0.25, 0.3) is 0 Å². The smallest absolute Gasteiger partial charge is 0.168 e. The van der Waals surface area contributed by atoms with E-state index in [9.17, 15) is 9.90 Å². The third-order valence-electron chi connectivity index (χ3n) is 4.42. The van der Waals surface area contributed by atoms with Crippen LogP contribution in [-0.4, -0.2) is 30.3 Å². The van der Waals surface area contributed by atoms with Crippen molar-refractivity contribution in [3.8, 4) is 11.5 Å². The van der Waals surface area contributed by atoms with Crippen molar-refractivity contribution < 1.29 is 19.4 Å². The van der Waals surface area contributed by atoms with Gasteiger partial charge in [0.2, 0.25) is 0 Å². The highest BCUT2D eigenvalue weighted by atomic mass is 16.5. The monoisotopic (exact) mass is 379 g/mol. The van der Waals surface area contributed by atoms with Gasteiger partial charge in [0.15, 0.2) is 5.78 Å². The van der Waals surface area contributed by atoms with E-state index in [4.69, 9.17) is 9.47 Å². The molecule has 0 fully saturated rings. The Balaban J connectivity index is 1.57. The van der Waals surface area contributed by atoms with E-state index < -0.39 is 0 Å². The van der Waals surface area contributed by atoms with E-state index in [2.05, 4.69) is 4.99 Å². The Morgan fingerprint density at radius 3 is 2.39 bits per heavy atom. The van der Waals surface area contributed by atoms with Crippen molar-refractivity contribution >= 4 is 17.7 Å². The Morgan fingerprint density at radius 2 is 1.68 bits per heavy atom. The maximum absolute atomic E-state index is 12.3. The van der Waals surface area contributed by atoms with Crippen molar-refractivity contribution in [1.82, 2.24) is 0 Å². The fraction of sp³-hybridized carbons (Fsp3) is 0.304. The summed E-state index contributed by atoms with van der Waals surface area (Å²) in [5.41, 5.74) is 0.731. The van der Waals surface area contributed by atoms with Gasteiger partial charge in [0.1, 0.15) is 30.5 Å². The summed E-state index contributed by atoms with van der Waals surface area (Å²) in [6, 6.07) is 16.8. The van der Waals surface area contributed by atoms with E-state index in [1.165, 1.54) is 6.21 Å². The number of aliphatic hydroxyl groups is 1. The number of nitrogens with zero attached hydrogens (tertiary/aromatic N) is 1. The maximum Gasteiger partial charge on any atom is 0.168 e. The molecule has 28 heavy (non-hydrogen) atoms. The van der Waals surface area contributed by atoms with Crippen molar-refractivity contribution in [2.75, 3.05) is 13.2 Å². The molecule has 0 saturated heterocycles. The first-order chi connectivity index (χ1) is 13.4. The highest BCUT2D eigenvalue weighted by Crippen LogP contribution is 2.35. The van der Waals surface area contributed by atoms with Crippen LogP contribution in [0.2, 0.25) is 0 Å². The largest absolute Gasteiger partial charge is 0.511 e. The summed E-state index contributed by atoms with van der Waals surface area (Å²) in [6.45, 7) is 4.78. The zero-order chi connectivity index (χ0) is 20.0. The molecule has 0 unspecified atom stereocenters. The van der Waals surface area contributed by atoms with Gasteiger partial charge in [0, 0.05) is 25.1 Å². The van der Waals surface area contributed by atoms with E-state index in [1.54, 1.807) is 6.07 Å². The Labute approximate surface area is 165 Å². The van der Waals surface area contributed by atoms with Crippen LogP contribution in [0.1, 0.15) is 26.7 Å². The molecule has 0 saturated carbocycles. The van der Waals surface area contributed by atoms with Gasteiger partial charge < -0.3 is 14.6 Å². The molecule has 0 bridgehead atoms. The molecule has 1 N–H and O–H groups in total. The molecular formula is C23H25NO4. The van der Waals surface area contributed by atoms with Crippen LogP contribution in [0, 0.1) is 5.41 Å². The van der Waals surface area contributed by atoms with Gasteiger partial charge in [-0.25, -0.2) is 0 Å². The predicted octanol–water partition coefficient (Wildman–Crippen LogP) is 5.05. The number of benzene rings is 2. The van der Waals surface area contributed by atoms with Crippen molar-refractivity contribution in [3.05, 3.63) is 65.9 Å². The van der Waals surface area contributed by atoms with E-state index in [1.807, 2.05) is 62.4 Å². The summed E-state index contributed by atoms with van der Waals surface area (Å²) in [7, 11) is 0. The van der Waals surface area contributed by atoms with E-state index in [0.29, 0.717) is 43.1 Å². The summed E-state index contributed by atoms with van der Waals surface area (Å²) in [5.74, 6) is 1.50. The molecular weight excluding hydrogens is 354 g/mol. The average Bonchev–Trinajstić information content (AvgIpc) is 2.65. The van der Waals surface area contributed by atoms with Crippen LogP contribution >= 0.6 is 0 Å². The van der Waals surface area contributed by atoms with Gasteiger partial charge in [0.05, 0.1) is 11.3 Å². The quantitative estimate of drug-likeness (QED) is 0.540. The van der Waals surface area contributed by atoms with Gasteiger partial charge in [-0.05, 0) is 29.7 Å². The summed E-state index contributed by atoms with van der Waals surface area (Å²) in [4.78, 5) is 16.6. The van der Waals surface area contributed by atoms with Crippen LogP contribution in [0.4, 0.5) is 5.69 Å². The summed E-state index contributed by atoms with van der Waals surface area (Å²) < 4.78 is 11.3. The first-order valence-corrected chi connectivity index (χ1v) is 9.33. The number of aliphatic imine (C=N–C) groups is 1. The lowest BCUT2D eigenvalue weighted by atomic mass is 9.77. The number of aliphatic hydroxyl groups excluding tert-OH is 1. The van der Waals surface area contributed by atoms with Crippen LogP contribution in [0.5, 0.6) is 11.5 Å². The average molecular weight is 379 g/mol. The van der Waals surface area contributed by atoms with E-state index >= 15 is 0 Å². The molecule has 0 atom stereocenters. The molecule has 0 spiro atoms. The van der Waals surface area contributed by atoms with Crippen molar-refractivity contribution in [3.63, 3.8) is 0 Å². The topological polar surface area (TPSA) is 68.1 Å². The molecule has 5 heteroatoms. The molecule has 1 aliphatic carbocycles. The lowest BCUT2D eigenvalue weighted by Gasteiger charge is -2.28. The zero-order valence-electron chi connectivity index (χ0n) is 16.2. The lowest BCUT2D eigenvalue weighted by Crippen LogP contribution is -2.26. The fourth-order valence-electron chi connectivity index (χ4n) is 3.08. The first kappa shape index (κ1) is 19.7. The molecule has 0 heterocycles. The summed E-state index contributed by atoms with van der Waals surface area (Å²) in [6.07, 6.45) is 2.33. The third kappa shape index (κ3) is 5.46. The number of ether oxygens (including phenoxy) is 2. The van der Waals surface area contributed by atoms with Crippen LogP contribution in [-0.2, 0) is 4.79 Å². The first-order valence-electron chi connectivity index (χ1n) is 9.33. The molecule has 2 aromatic carbocycles. The Morgan fingerprint density at radius 1 is 1.00 bits per heavy atom. The van der Waals surface area contributed by atoms with Gasteiger partial charge in [0.25, 0.3) is 0 Å². The standard InChI is InChI=1S/C23H25NO4/c1-23(2)14-21(25)20(22(26)15-23)16-24-17-7-6-10-19(13-17)28-12-11-27-18-8-4-3-5-9-18/h3-10,13,16,25H,11-12,14-15H2,1-2H3. The zero-order valence-corrected chi connectivity index (χ0v) is 16.2. The van der Waals surface area contributed by atoms with Gasteiger partial charge in [-0.15, -0.1) is 0 Å². The number of carbonyl (C=O) groups is 1. The van der Waals surface area contributed by atoms with E-state index in [-0.39, 0.29) is 17.0 Å². The molecule has 0 aliphatic heterocycles. The fourth-order valence-corrected chi connectivity index (χ4v) is 3.08. The molecule has 0 aromatic heterocycles. The second-order valence-electron chi connectivity index (χ2n) is 7.57. The number of ketones is 1. The van der Waals surface area contributed by atoms with Crippen molar-refractivity contribution in [2.24, 2.45) is 10.4 Å². The Hall–Kier alpha value is -3.08. The molecule has 3 rings (SSSR count). The highest BCUT2D eigenvalue weighted by molar-refractivity contribution is 6.14. The van der Waals surface area contributed by atoms with Gasteiger partial charge >= 0.3 is 0 Å². The number of hydrogen-bond acceptors (Lipinski definition) is 5. The predicted molar refractivity (Wildman–Crippen MR) is 110 cm³/mol. The van der Waals surface area contributed by atoms with Gasteiger partial charge in [-0.2, -0.15) is 0 Å². The van der Waals surface area contributed by atoms with Crippen LogP contribution < -0.4 is 9.47 Å². The third-order valence-corrected chi connectivity index (χ3v) is 4.42. The highest BCUT2D eigenvalue weighted by Gasteiger charge is 2.32. The van der Waals surface area contributed by atoms with Gasteiger partial charge in [-0.3, -0.25) is 9.79 Å². The second kappa shape index (κ2) is 8.74. The number of rotatable bonds is 7. The molecule has 0 amide bonds. The SMILES string of the molecule is CC1(C)CC(=O)C(C=Nc2cccc(OCCOc3ccccc3)c2)=C(O)C1. The Kier molecular flexibility index (Phi) is 6.14. The second-order valence-corrected chi connectivity index (χ2v) is 7.57. The molecule has 1 aliphatic rings. The number of para-hydroxylation sites is 1.